The molecule has 1 aliphatic heterocycles. The van der Waals surface area contributed by atoms with Gasteiger partial charge in [-0.15, -0.1) is 0 Å². The fraction of sp³-hybridized carbons (Fsp3) is 0.545. The topological polar surface area (TPSA) is 50.9 Å². The minimum absolute atomic E-state index is 0.472. The zero-order chi connectivity index (χ0) is 9.97. The lowest BCUT2D eigenvalue weighted by molar-refractivity contribution is 0.332. The maximum Gasteiger partial charge on any atom is 0.123 e. The Morgan fingerprint density at radius 2 is 2.29 bits per heavy atom. The molecule has 2 rings (SSSR count). The number of hydrogen-bond donors (Lipinski definition) is 2. The van der Waals surface area contributed by atoms with Gasteiger partial charge in [0.05, 0.1) is 0 Å². The van der Waals surface area contributed by atoms with Gasteiger partial charge < -0.3 is 11.1 Å². The first-order chi connectivity index (χ1) is 6.75. The summed E-state index contributed by atoms with van der Waals surface area (Å²) < 4.78 is 0. The smallest absolute Gasteiger partial charge is 0.123 e. The fourth-order valence-electron chi connectivity index (χ4n) is 1.91. The largest absolute Gasteiger partial charge is 0.384 e. The Morgan fingerprint density at radius 3 is 2.86 bits per heavy atom. The lowest BCUT2D eigenvalue weighted by Crippen LogP contribution is -2.31. The monoisotopic (exact) mass is 191 g/mol. The number of nitrogens with zero attached hydrogens (tertiary/aromatic N) is 1. The van der Waals surface area contributed by atoms with Gasteiger partial charge in [-0.25, -0.2) is 4.98 Å². The van der Waals surface area contributed by atoms with Crippen molar-refractivity contribution >= 4 is 5.82 Å². The molecule has 1 aliphatic rings. The van der Waals surface area contributed by atoms with E-state index in [1.807, 2.05) is 12.3 Å². The van der Waals surface area contributed by atoms with E-state index in [9.17, 15) is 0 Å². The van der Waals surface area contributed by atoms with Crippen LogP contribution >= 0.6 is 0 Å². The zero-order valence-corrected chi connectivity index (χ0v) is 8.53. The second kappa shape index (κ2) is 3.96. The summed E-state index contributed by atoms with van der Waals surface area (Å²) in [6, 6.07) is 4.41. The summed E-state index contributed by atoms with van der Waals surface area (Å²) in [6.45, 7) is 3.39. The van der Waals surface area contributed by atoms with E-state index in [0.717, 1.165) is 12.5 Å². The quantitative estimate of drug-likeness (QED) is 0.710. The van der Waals surface area contributed by atoms with E-state index >= 15 is 0 Å². The van der Waals surface area contributed by atoms with Gasteiger partial charge in [-0.2, -0.15) is 0 Å². The Hall–Kier alpha value is -1.09. The molecule has 0 aliphatic carbocycles. The van der Waals surface area contributed by atoms with Crippen LogP contribution in [0.5, 0.6) is 0 Å². The van der Waals surface area contributed by atoms with E-state index < -0.39 is 0 Å². The van der Waals surface area contributed by atoms with Crippen LogP contribution in [-0.4, -0.2) is 11.5 Å². The van der Waals surface area contributed by atoms with Gasteiger partial charge in [0.1, 0.15) is 5.82 Å². The van der Waals surface area contributed by atoms with Crippen molar-refractivity contribution in [2.45, 2.75) is 25.8 Å². The van der Waals surface area contributed by atoms with Crippen LogP contribution in [0.4, 0.5) is 5.82 Å². The number of pyridine rings is 1. The lowest BCUT2D eigenvalue weighted by atomic mass is 9.93. The van der Waals surface area contributed by atoms with Gasteiger partial charge in [0.15, 0.2) is 0 Å². The van der Waals surface area contributed by atoms with E-state index in [-0.39, 0.29) is 0 Å². The predicted molar refractivity (Wildman–Crippen MR) is 57.8 cm³/mol. The summed E-state index contributed by atoms with van der Waals surface area (Å²) in [7, 11) is 0. The third-order valence-electron chi connectivity index (χ3n) is 2.87. The molecule has 2 atom stereocenters. The minimum Gasteiger partial charge on any atom is -0.384 e. The average Bonchev–Trinajstić information content (AvgIpc) is 2.21. The van der Waals surface area contributed by atoms with Crippen LogP contribution < -0.4 is 11.1 Å². The minimum atomic E-state index is 0.472. The van der Waals surface area contributed by atoms with Crippen molar-refractivity contribution in [3.8, 4) is 0 Å². The Bertz CT molecular complexity index is 286. The number of nitrogen functional groups attached to an aromatic ring is 1. The molecule has 0 spiro atoms. The van der Waals surface area contributed by atoms with E-state index in [0.29, 0.717) is 11.9 Å². The van der Waals surface area contributed by atoms with Gasteiger partial charge >= 0.3 is 0 Å². The molecule has 2 heterocycles. The van der Waals surface area contributed by atoms with Crippen LogP contribution in [0.1, 0.15) is 31.4 Å². The predicted octanol–water partition coefficient (Wildman–Crippen LogP) is 1.72. The van der Waals surface area contributed by atoms with E-state index in [4.69, 9.17) is 5.73 Å². The molecule has 3 heteroatoms. The van der Waals surface area contributed by atoms with Gasteiger partial charge in [-0.05, 0) is 36.9 Å². The number of aromatic nitrogens is 1. The first kappa shape index (κ1) is 9.46. The highest BCUT2D eigenvalue weighted by atomic mass is 14.9. The first-order valence-corrected chi connectivity index (χ1v) is 5.20. The molecule has 1 saturated heterocycles. The molecule has 1 fully saturated rings. The normalized spacial score (nSPS) is 27.5. The molecule has 0 bridgehead atoms. The molecule has 0 saturated carbocycles. The Labute approximate surface area is 84.7 Å². The number of hydrogen-bond acceptors (Lipinski definition) is 3. The molecule has 1 aromatic rings. The summed E-state index contributed by atoms with van der Waals surface area (Å²) in [5.41, 5.74) is 6.80. The number of rotatable bonds is 1. The Kier molecular flexibility index (Phi) is 2.68. The van der Waals surface area contributed by atoms with Crippen LogP contribution in [-0.2, 0) is 0 Å². The van der Waals surface area contributed by atoms with Gasteiger partial charge in [0, 0.05) is 12.2 Å². The van der Waals surface area contributed by atoms with E-state index in [1.165, 1.54) is 18.4 Å². The molecule has 14 heavy (non-hydrogen) atoms. The number of nitrogens with two attached hydrogens (primary N) is 1. The van der Waals surface area contributed by atoms with Crippen LogP contribution in [0.15, 0.2) is 18.3 Å². The SMILES string of the molecule is C[C@H]1CC[C@H](c2ccc(N)nc2)NC1. The number of anilines is 1. The molecular formula is C11H17N3. The summed E-state index contributed by atoms with van der Waals surface area (Å²) in [4.78, 5) is 4.11. The summed E-state index contributed by atoms with van der Waals surface area (Å²) >= 11 is 0. The maximum absolute atomic E-state index is 5.55. The highest BCUT2D eigenvalue weighted by Crippen LogP contribution is 2.24. The fourth-order valence-corrected chi connectivity index (χ4v) is 1.91. The highest BCUT2D eigenvalue weighted by molar-refractivity contribution is 5.30. The van der Waals surface area contributed by atoms with Crippen LogP contribution in [0.2, 0.25) is 0 Å². The summed E-state index contributed by atoms with van der Waals surface area (Å²) in [5.74, 6) is 1.39. The van der Waals surface area contributed by atoms with Crippen molar-refractivity contribution in [3.05, 3.63) is 23.9 Å². The molecule has 3 nitrogen and oxygen atoms in total. The van der Waals surface area contributed by atoms with Gasteiger partial charge in [0.2, 0.25) is 0 Å². The number of nitrogens with one attached hydrogen (secondary N) is 1. The summed E-state index contributed by atoms with van der Waals surface area (Å²) in [5, 5.41) is 3.52. The van der Waals surface area contributed by atoms with Crippen molar-refractivity contribution in [1.29, 1.82) is 0 Å². The van der Waals surface area contributed by atoms with E-state index in [1.54, 1.807) is 0 Å². The van der Waals surface area contributed by atoms with Crippen molar-refractivity contribution in [1.82, 2.24) is 10.3 Å². The molecule has 0 radical (unpaired) electrons. The number of piperidine rings is 1. The second-order valence-electron chi connectivity index (χ2n) is 4.16. The first-order valence-electron chi connectivity index (χ1n) is 5.20. The van der Waals surface area contributed by atoms with Crippen molar-refractivity contribution in [3.63, 3.8) is 0 Å². The molecule has 76 valence electrons. The third kappa shape index (κ3) is 2.04. The molecule has 0 unspecified atom stereocenters. The van der Waals surface area contributed by atoms with E-state index in [2.05, 4.69) is 23.3 Å². The Morgan fingerprint density at radius 1 is 1.43 bits per heavy atom. The second-order valence-corrected chi connectivity index (χ2v) is 4.16. The summed E-state index contributed by atoms with van der Waals surface area (Å²) in [6.07, 6.45) is 4.37. The van der Waals surface area contributed by atoms with Gasteiger partial charge in [-0.3, -0.25) is 0 Å². The highest BCUT2D eigenvalue weighted by Gasteiger charge is 2.18. The molecule has 3 N–H and O–H groups in total. The maximum atomic E-state index is 5.55. The van der Waals surface area contributed by atoms with Crippen LogP contribution in [0.3, 0.4) is 0 Å². The molecule has 1 aromatic heterocycles. The van der Waals surface area contributed by atoms with Crippen molar-refractivity contribution < 1.29 is 0 Å². The van der Waals surface area contributed by atoms with Crippen molar-refractivity contribution in [2.75, 3.05) is 12.3 Å². The molecular weight excluding hydrogens is 174 g/mol. The van der Waals surface area contributed by atoms with Crippen LogP contribution in [0, 0.1) is 5.92 Å². The Balaban J connectivity index is 2.05. The van der Waals surface area contributed by atoms with Gasteiger partial charge in [0.25, 0.3) is 0 Å². The van der Waals surface area contributed by atoms with Gasteiger partial charge in [-0.1, -0.05) is 13.0 Å². The average molecular weight is 191 g/mol. The molecule has 0 amide bonds. The third-order valence-corrected chi connectivity index (χ3v) is 2.87. The molecule has 0 aromatic carbocycles. The van der Waals surface area contributed by atoms with Crippen molar-refractivity contribution in [2.24, 2.45) is 5.92 Å². The lowest BCUT2D eigenvalue weighted by Gasteiger charge is -2.27. The standard InChI is InChI=1S/C11H17N3/c1-8-2-4-10(13-6-8)9-3-5-11(12)14-7-9/h3,5,7-8,10,13H,2,4,6H2,1H3,(H2,12,14)/t8-,10+/m0/s1. The zero-order valence-electron chi connectivity index (χ0n) is 8.53. The van der Waals surface area contributed by atoms with Crippen LogP contribution in [0.25, 0.3) is 0 Å².